The van der Waals surface area contributed by atoms with Crippen LogP contribution in [0.15, 0.2) is 42.5 Å². The summed E-state index contributed by atoms with van der Waals surface area (Å²) in [5.41, 5.74) is 3.75. The Morgan fingerprint density at radius 3 is 2.33 bits per heavy atom. The van der Waals surface area contributed by atoms with Gasteiger partial charge in [0.15, 0.2) is 0 Å². The lowest BCUT2D eigenvalue weighted by Gasteiger charge is -2.41. The first kappa shape index (κ1) is 33.9. The summed E-state index contributed by atoms with van der Waals surface area (Å²) in [6, 6.07) is 14.0. The number of piperidine rings is 1. The first-order valence-electron chi connectivity index (χ1n) is 17.6. The molecule has 4 amide bonds. The molecule has 0 aliphatic carbocycles. The summed E-state index contributed by atoms with van der Waals surface area (Å²) in [6.45, 7) is 9.56. The number of ether oxygens (including phenoxy) is 2. The van der Waals surface area contributed by atoms with Crippen LogP contribution in [0.1, 0.15) is 55.7 Å². The lowest BCUT2D eigenvalue weighted by atomic mass is 9.92. The maximum atomic E-state index is 14.1. The molecule has 3 fully saturated rings. The second kappa shape index (κ2) is 15.5. The van der Waals surface area contributed by atoms with Crippen LogP contribution in [0.25, 0.3) is 0 Å². The van der Waals surface area contributed by atoms with E-state index in [2.05, 4.69) is 16.3 Å². The predicted octanol–water partition coefficient (Wildman–Crippen LogP) is 3.87. The van der Waals surface area contributed by atoms with Crippen molar-refractivity contribution >= 4 is 29.5 Å². The molecular formula is C37H49N5O6. The van der Waals surface area contributed by atoms with Crippen molar-refractivity contribution in [2.75, 3.05) is 64.3 Å². The number of amides is 4. The van der Waals surface area contributed by atoms with Gasteiger partial charge in [-0.1, -0.05) is 30.3 Å². The van der Waals surface area contributed by atoms with Crippen molar-refractivity contribution in [2.24, 2.45) is 5.92 Å². The molecule has 1 N–H and O–H groups in total. The van der Waals surface area contributed by atoms with Gasteiger partial charge in [-0.05, 0) is 74.3 Å². The summed E-state index contributed by atoms with van der Waals surface area (Å²) in [7, 11) is 0. The molecule has 258 valence electrons. The highest BCUT2D eigenvalue weighted by atomic mass is 16.5. The Balaban J connectivity index is 1.09. The lowest BCUT2D eigenvalue weighted by molar-refractivity contribution is -0.143. The van der Waals surface area contributed by atoms with Gasteiger partial charge < -0.3 is 29.5 Å². The lowest BCUT2D eigenvalue weighted by Crippen LogP contribution is -2.54. The van der Waals surface area contributed by atoms with Crippen LogP contribution in [0.2, 0.25) is 0 Å². The minimum absolute atomic E-state index is 0.0198. The number of para-hydroxylation sites is 1. The van der Waals surface area contributed by atoms with Crippen LogP contribution in [0.3, 0.4) is 0 Å². The second-order valence-corrected chi connectivity index (χ2v) is 13.6. The molecule has 2 aromatic rings. The molecule has 2 aromatic carbocycles. The molecule has 4 aliphatic heterocycles. The molecular weight excluding hydrogens is 610 g/mol. The number of esters is 1. The molecule has 0 spiro atoms. The zero-order chi connectivity index (χ0) is 33.6. The summed E-state index contributed by atoms with van der Waals surface area (Å²) in [5.74, 6) is -0.381. The van der Waals surface area contributed by atoms with Crippen LogP contribution in [0.4, 0.5) is 10.5 Å². The Labute approximate surface area is 283 Å². The van der Waals surface area contributed by atoms with Gasteiger partial charge in [-0.3, -0.25) is 19.3 Å². The molecule has 11 nitrogen and oxygen atoms in total. The fourth-order valence-corrected chi connectivity index (χ4v) is 7.76. The van der Waals surface area contributed by atoms with Gasteiger partial charge in [0.05, 0.1) is 5.92 Å². The number of anilines is 1. The highest BCUT2D eigenvalue weighted by molar-refractivity contribution is 5.91. The summed E-state index contributed by atoms with van der Waals surface area (Å²) in [5, 5.41) is 3.07. The van der Waals surface area contributed by atoms with E-state index < -0.39 is 5.92 Å². The zero-order valence-electron chi connectivity index (χ0n) is 28.3. The molecule has 1 atom stereocenters. The number of hydrogen-bond acceptors (Lipinski definition) is 7. The smallest absolute Gasteiger partial charge is 0.322 e. The largest absolute Gasteiger partial charge is 0.426 e. The normalized spacial score (nSPS) is 20.5. The number of piperazine rings is 1. The number of hydrogen-bond donors (Lipinski definition) is 1. The first-order chi connectivity index (χ1) is 23.2. The number of nitrogens with zero attached hydrogens (tertiary/aromatic N) is 4. The number of urea groups is 1. The van der Waals surface area contributed by atoms with Gasteiger partial charge in [0.1, 0.15) is 5.75 Å². The van der Waals surface area contributed by atoms with E-state index in [-0.39, 0.29) is 36.3 Å². The molecule has 0 unspecified atom stereocenters. The minimum atomic E-state index is -0.501. The predicted molar refractivity (Wildman–Crippen MR) is 182 cm³/mol. The van der Waals surface area contributed by atoms with Crippen molar-refractivity contribution in [3.05, 3.63) is 59.2 Å². The number of nitrogens with one attached hydrogen (secondary N) is 1. The molecule has 4 heterocycles. The van der Waals surface area contributed by atoms with E-state index >= 15 is 0 Å². The third-order valence-electron chi connectivity index (χ3n) is 10.5. The molecule has 0 bridgehead atoms. The van der Waals surface area contributed by atoms with E-state index in [0.29, 0.717) is 63.8 Å². The third kappa shape index (κ3) is 8.18. The highest BCUT2D eigenvalue weighted by Crippen LogP contribution is 2.27. The summed E-state index contributed by atoms with van der Waals surface area (Å²) < 4.78 is 10.9. The Kier molecular flexibility index (Phi) is 11.0. The summed E-state index contributed by atoms with van der Waals surface area (Å²) in [6.07, 6.45) is 4.83. The quantitative estimate of drug-likeness (QED) is 0.338. The van der Waals surface area contributed by atoms with Crippen LogP contribution in [-0.2, 0) is 32.0 Å². The number of carbonyl (C=O) groups excluding carboxylic acids is 4. The molecule has 6 rings (SSSR count). The number of benzene rings is 2. The van der Waals surface area contributed by atoms with Gasteiger partial charge in [0, 0.05) is 90.1 Å². The maximum Gasteiger partial charge on any atom is 0.322 e. The number of aryl methyl sites for hydroxylation is 1. The maximum absolute atomic E-state index is 14.1. The average molecular weight is 660 g/mol. The summed E-state index contributed by atoms with van der Waals surface area (Å²) in [4.78, 5) is 60.8. The zero-order valence-corrected chi connectivity index (χ0v) is 28.3. The average Bonchev–Trinajstić information content (AvgIpc) is 3.27. The van der Waals surface area contributed by atoms with Crippen molar-refractivity contribution in [1.29, 1.82) is 0 Å². The van der Waals surface area contributed by atoms with Crippen molar-refractivity contribution in [2.45, 2.75) is 70.9 Å². The van der Waals surface area contributed by atoms with Crippen molar-refractivity contribution in [3.8, 4) is 5.75 Å². The van der Waals surface area contributed by atoms with Gasteiger partial charge >= 0.3 is 12.0 Å². The molecule has 0 saturated carbocycles. The standard InChI is InChI=1S/C37H49N5O6/c1-26-23-28(7-8-34(26)48-27(2)43)24-30(36(45)41-19-17-39(18-20-41)31-12-21-47-22-13-31)25-35(44)40-14-10-32(11-15-40)42-16-9-29-5-3-4-6-33(29)38-37(42)46/h3-8,23,30-32H,9-22,24-25H2,1-2H3,(H,38,46)/t30-/m0/s1. The summed E-state index contributed by atoms with van der Waals surface area (Å²) >= 11 is 0. The molecule has 3 saturated heterocycles. The van der Waals surface area contributed by atoms with Crippen LogP contribution in [0.5, 0.6) is 5.75 Å². The van der Waals surface area contributed by atoms with Crippen LogP contribution in [0, 0.1) is 12.8 Å². The van der Waals surface area contributed by atoms with Gasteiger partial charge in [-0.25, -0.2) is 4.79 Å². The van der Waals surface area contributed by atoms with Gasteiger partial charge in [-0.15, -0.1) is 0 Å². The first-order valence-corrected chi connectivity index (χ1v) is 17.6. The number of rotatable bonds is 8. The Morgan fingerprint density at radius 1 is 0.896 bits per heavy atom. The van der Waals surface area contributed by atoms with Gasteiger partial charge in [-0.2, -0.15) is 0 Å². The van der Waals surface area contributed by atoms with E-state index in [1.165, 1.54) is 6.92 Å². The third-order valence-corrected chi connectivity index (χ3v) is 10.5. The molecule has 0 aromatic heterocycles. The topological polar surface area (TPSA) is 112 Å². The van der Waals surface area contributed by atoms with E-state index in [1.54, 1.807) is 6.07 Å². The van der Waals surface area contributed by atoms with Gasteiger partial charge in [0.25, 0.3) is 0 Å². The minimum Gasteiger partial charge on any atom is -0.426 e. The van der Waals surface area contributed by atoms with Crippen LogP contribution >= 0.6 is 0 Å². The van der Waals surface area contributed by atoms with E-state index in [1.807, 2.05) is 52.0 Å². The van der Waals surface area contributed by atoms with Crippen molar-refractivity contribution < 1.29 is 28.7 Å². The molecule has 0 radical (unpaired) electrons. The van der Waals surface area contributed by atoms with E-state index in [0.717, 1.165) is 67.9 Å². The Bertz CT molecular complexity index is 1480. The van der Waals surface area contributed by atoms with Crippen molar-refractivity contribution in [3.63, 3.8) is 0 Å². The second-order valence-electron chi connectivity index (χ2n) is 13.6. The molecule has 4 aliphatic rings. The number of carbonyl (C=O) groups is 4. The fourth-order valence-electron chi connectivity index (χ4n) is 7.76. The monoisotopic (exact) mass is 659 g/mol. The molecule has 11 heteroatoms. The van der Waals surface area contributed by atoms with Crippen LogP contribution in [-0.4, -0.2) is 115 Å². The van der Waals surface area contributed by atoms with Crippen molar-refractivity contribution in [1.82, 2.24) is 19.6 Å². The molecule has 48 heavy (non-hydrogen) atoms. The Morgan fingerprint density at radius 2 is 1.62 bits per heavy atom. The number of fused-ring (bicyclic) bond motifs is 1. The SMILES string of the molecule is CC(=O)Oc1ccc(C[C@@H](CC(=O)N2CCC(N3CCc4ccccc4NC3=O)CC2)C(=O)N2CCN(C3CCOCC3)CC2)cc1C. The number of likely N-dealkylation sites (tertiary alicyclic amines) is 1. The van der Waals surface area contributed by atoms with E-state index in [4.69, 9.17) is 9.47 Å². The fraction of sp³-hybridized carbons (Fsp3) is 0.568. The Hall–Kier alpha value is -3.96. The van der Waals surface area contributed by atoms with Crippen LogP contribution < -0.4 is 10.1 Å². The van der Waals surface area contributed by atoms with E-state index in [9.17, 15) is 19.2 Å². The highest BCUT2D eigenvalue weighted by Gasteiger charge is 2.35. The van der Waals surface area contributed by atoms with Gasteiger partial charge in [0.2, 0.25) is 11.8 Å².